The molecule has 8 nitrogen and oxygen atoms in total. The van der Waals surface area contributed by atoms with Gasteiger partial charge in [0.25, 0.3) is 0 Å². The molecular weight excluding hydrogens is 876 g/mol. The average Bonchev–Trinajstić information content (AvgIpc) is 3.94. The van der Waals surface area contributed by atoms with Crippen LogP contribution in [0.25, 0.3) is 0 Å². The largest absolute Gasteiger partial charge is 0.560 e. The van der Waals surface area contributed by atoms with Crippen molar-refractivity contribution in [3.63, 3.8) is 0 Å². The van der Waals surface area contributed by atoms with Crippen LogP contribution in [0.5, 0.6) is 11.5 Å². The van der Waals surface area contributed by atoms with Crippen molar-refractivity contribution in [1.29, 1.82) is 0 Å². The lowest BCUT2D eigenvalue weighted by Gasteiger charge is -2.40. The van der Waals surface area contributed by atoms with E-state index in [1.54, 1.807) is 11.8 Å². The molecule has 1 unspecified atom stereocenters. The van der Waals surface area contributed by atoms with Crippen LogP contribution in [0.3, 0.4) is 0 Å². The van der Waals surface area contributed by atoms with Crippen molar-refractivity contribution in [3.05, 3.63) is 190 Å². The fourth-order valence-electron chi connectivity index (χ4n) is 10.5. The molecule has 6 aromatic carbocycles. The molecule has 10 heteroatoms. The summed E-state index contributed by atoms with van der Waals surface area (Å²) >= 11 is 1.68. The summed E-state index contributed by atoms with van der Waals surface area (Å²) in [6.07, 6.45) is -2.17. The number of hydrogen-bond donors (Lipinski definition) is 0. The smallest absolute Gasteiger partial charge is 0.339 e. The van der Waals surface area contributed by atoms with E-state index < -0.39 is 65.7 Å². The molecule has 4 saturated heterocycles. The minimum absolute atomic E-state index is 0.0879. The molecule has 5 heterocycles. The number of rotatable bonds is 8. The molecule has 5 aliphatic heterocycles. The van der Waals surface area contributed by atoms with E-state index in [0.29, 0.717) is 11.5 Å². The molecule has 0 aromatic heterocycles. The van der Waals surface area contributed by atoms with E-state index in [4.69, 9.17) is 37.3 Å². The zero-order chi connectivity index (χ0) is 46.8. The maximum Gasteiger partial charge on any atom is 0.560 e. The second kappa shape index (κ2) is 15.7. The predicted molar refractivity (Wildman–Crippen MR) is 263 cm³/mol. The highest BCUT2D eigenvalue weighted by atomic mass is 32.2. The third-order valence-corrected chi connectivity index (χ3v) is 18.1. The van der Waals surface area contributed by atoms with Gasteiger partial charge in [0.2, 0.25) is 17.3 Å². The van der Waals surface area contributed by atoms with Gasteiger partial charge in [0, 0.05) is 32.8 Å². The van der Waals surface area contributed by atoms with Crippen molar-refractivity contribution in [2.45, 2.75) is 137 Å². The van der Waals surface area contributed by atoms with E-state index in [1.807, 2.05) is 13.8 Å². The van der Waals surface area contributed by atoms with Crippen molar-refractivity contribution in [1.82, 2.24) is 0 Å². The van der Waals surface area contributed by atoms with Crippen LogP contribution in [0, 0.1) is 0 Å². The van der Waals surface area contributed by atoms with Gasteiger partial charge in [-0.25, -0.2) is 0 Å². The minimum atomic E-state index is -3.83. The highest BCUT2D eigenvalue weighted by Crippen LogP contribution is 2.76. The number of benzene rings is 6. The zero-order valence-corrected chi connectivity index (χ0v) is 41.7. The predicted octanol–water partition coefficient (Wildman–Crippen LogP) is 13.6. The lowest BCUT2D eigenvalue weighted by Crippen LogP contribution is -2.53. The van der Waals surface area contributed by atoms with E-state index in [9.17, 15) is 0 Å². The van der Waals surface area contributed by atoms with E-state index in [0.717, 1.165) is 43.2 Å². The summed E-state index contributed by atoms with van der Waals surface area (Å²) < 4.78 is 56.2. The topological polar surface area (TPSA) is 73.8 Å². The molecule has 346 valence electrons. The maximum absolute atomic E-state index is 7.75. The summed E-state index contributed by atoms with van der Waals surface area (Å²) in [4.78, 5) is 1.87. The van der Waals surface area contributed by atoms with Gasteiger partial charge >= 0.3 is 14.0 Å². The fraction of sp³-hybridized carbons (Fsp3) is 0.368. The van der Waals surface area contributed by atoms with Gasteiger partial charge in [-0.05, 0) is 59.4 Å². The molecule has 0 amide bonds. The first kappa shape index (κ1) is 44.9. The Morgan fingerprint density at radius 3 is 1.34 bits per heavy atom. The molecule has 0 radical (unpaired) electrons. The Bertz CT molecular complexity index is 2670. The zero-order valence-electron chi connectivity index (χ0n) is 40.0. The van der Waals surface area contributed by atoms with Crippen LogP contribution in [0.2, 0.25) is 0 Å². The van der Waals surface area contributed by atoms with Crippen LogP contribution in [0.1, 0.15) is 114 Å². The average molecular weight is 936 g/mol. The van der Waals surface area contributed by atoms with Crippen molar-refractivity contribution < 1.29 is 37.3 Å². The van der Waals surface area contributed by atoms with Gasteiger partial charge in [-0.15, -0.1) is 4.52 Å². The standard InChI is InChI=1S/C57H60O8PS/c1-52(2,36-23-15-11-16-24-36)40-31-42(54(5,6)38-27-19-13-20-28-38)46-44(33-40)67-45-34-41(53(3,4)37-25-17-12-18-26-37)32-43(55(7,8)39-29-21-14-22-30-39)47(45)64-66(63-46)51-58-35-57(62-51)49(65-66)48-50(61-57)60-56(9,10)59-48/h11-34,48-51H,35H2,1-10H3/q+1/t48-,49+,50+,51?,57-/m0/s1. The molecule has 5 aliphatic rings. The second-order valence-corrected chi connectivity index (χ2v) is 24.3. The summed E-state index contributed by atoms with van der Waals surface area (Å²) in [5.74, 6) is -0.867. The summed E-state index contributed by atoms with van der Waals surface area (Å²) in [5.41, 5.74) is 7.03. The van der Waals surface area contributed by atoms with Crippen molar-refractivity contribution in [2.24, 2.45) is 0 Å². The molecule has 11 rings (SSSR count). The summed E-state index contributed by atoms with van der Waals surface area (Å²) in [7, 11) is -3.83. The quantitative estimate of drug-likeness (QED) is 0.139. The van der Waals surface area contributed by atoms with Crippen molar-refractivity contribution in [3.8, 4) is 11.5 Å². The molecule has 5 atom stereocenters. The molecule has 0 saturated carbocycles. The van der Waals surface area contributed by atoms with Gasteiger partial charge in [0.1, 0.15) is 12.7 Å². The SMILES string of the molecule is CC1(C)O[C@@H]2O[C@@]34COC(O3)[P+]3(Oc5c(cc(C(C)(C)c6ccccc6)cc5C(C)(C)c5ccccc5)Sc5cc(C(C)(C)c6ccccc6)cc(C(C)(C)c6ccccc6)c5O3)O[C@@H]4[C@@H]2O1. The highest BCUT2D eigenvalue weighted by molar-refractivity contribution is 7.99. The van der Waals surface area contributed by atoms with E-state index in [2.05, 4.69) is 201 Å². The number of hydrogen-bond acceptors (Lipinski definition) is 9. The van der Waals surface area contributed by atoms with Crippen LogP contribution >= 0.6 is 19.7 Å². The van der Waals surface area contributed by atoms with Gasteiger partial charge in [-0.3, -0.25) is 13.8 Å². The first-order chi connectivity index (χ1) is 31.8. The normalized spacial score (nSPS) is 24.9. The first-order valence-corrected chi connectivity index (χ1v) is 25.8. The van der Waals surface area contributed by atoms with Gasteiger partial charge in [-0.2, -0.15) is 0 Å². The fourth-order valence-corrected chi connectivity index (χ4v) is 14.2. The van der Waals surface area contributed by atoms with Crippen LogP contribution in [-0.4, -0.2) is 42.7 Å². The Kier molecular flexibility index (Phi) is 10.6. The maximum atomic E-state index is 7.75. The summed E-state index contributed by atoms with van der Waals surface area (Å²) in [6, 6.07) is 50.9. The van der Waals surface area contributed by atoms with Crippen LogP contribution in [0.4, 0.5) is 0 Å². The van der Waals surface area contributed by atoms with Gasteiger partial charge < -0.3 is 18.9 Å². The Labute approximate surface area is 400 Å². The lowest BCUT2D eigenvalue weighted by atomic mass is 9.73. The number of fused-ring (bicyclic) bond motifs is 6. The van der Waals surface area contributed by atoms with E-state index >= 15 is 0 Å². The Morgan fingerprint density at radius 1 is 0.493 bits per heavy atom. The summed E-state index contributed by atoms with van der Waals surface area (Å²) in [6.45, 7) is 22.1. The Balaban J connectivity index is 1.21. The number of ether oxygens (including phenoxy) is 5. The Morgan fingerprint density at radius 2 is 0.910 bits per heavy atom. The van der Waals surface area contributed by atoms with E-state index in [-0.39, 0.29) is 6.61 Å². The van der Waals surface area contributed by atoms with Crippen LogP contribution < -0.4 is 9.05 Å². The van der Waals surface area contributed by atoms with Crippen molar-refractivity contribution in [2.75, 3.05) is 6.61 Å². The molecule has 0 aliphatic carbocycles. The second-order valence-electron chi connectivity index (χ2n) is 21.2. The highest BCUT2D eigenvalue weighted by Gasteiger charge is 2.81. The first-order valence-electron chi connectivity index (χ1n) is 23.4. The van der Waals surface area contributed by atoms with Crippen LogP contribution in [-0.2, 0) is 49.9 Å². The monoisotopic (exact) mass is 935 g/mol. The minimum Gasteiger partial charge on any atom is -0.339 e. The molecular formula is C57H60O8PS+. The van der Waals surface area contributed by atoms with Gasteiger partial charge in [-0.1, -0.05) is 201 Å². The molecule has 2 spiro atoms. The third kappa shape index (κ3) is 7.31. The lowest BCUT2D eigenvalue weighted by molar-refractivity contribution is -0.307. The molecule has 0 N–H and O–H groups in total. The molecule has 67 heavy (non-hydrogen) atoms. The Hall–Kier alpha value is -4.54. The summed E-state index contributed by atoms with van der Waals surface area (Å²) in [5, 5.41) is 0. The van der Waals surface area contributed by atoms with Gasteiger partial charge in [0.05, 0.1) is 9.79 Å². The third-order valence-electron chi connectivity index (χ3n) is 14.9. The van der Waals surface area contributed by atoms with Gasteiger partial charge in [0.15, 0.2) is 18.2 Å². The van der Waals surface area contributed by atoms with Crippen LogP contribution in [0.15, 0.2) is 155 Å². The molecule has 6 aromatic rings. The van der Waals surface area contributed by atoms with E-state index in [1.165, 1.54) is 11.1 Å². The molecule has 4 fully saturated rings. The van der Waals surface area contributed by atoms with Crippen molar-refractivity contribution >= 4 is 19.7 Å². The molecule has 2 bridgehead atoms.